The van der Waals surface area contributed by atoms with Crippen LogP contribution in [0, 0.1) is 5.92 Å². The van der Waals surface area contributed by atoms with Crippen LogP contribution < -0.4 is 9.47 Å². The molecule has 2 aliphatic carbocycles. The molecule has 2 aliphatic rings. The molecule has 3 nitrogen and oxygen atoms in total. The van der Waals surface area contributed by atoms with Crippen LogP contribution in [-0.4, -0.2) is 20.0 Å². The first-order valence-corrected chi connectivity index (χ1v) is 7.99. The average Bonchev–Trinajstić information content (AvgIpc) is 3.39. The molecular weight excluding hydrogens is 264 g/mol. The zero-order chi connectivity index (χ0) is 15.0. The zero-order valence-electron chi connectivity index (χ0n) is 13.1. The van der Waals surface area contributed by atoms with Crippen LogP contribution in [0.1, 0.15) is 62.0 Å². The molecule has 0 unspecified atom stereocenters. The predicted molar refractivity (Wildman–Crippen MR) is 82.3 cm³/mol. The number of rotatable bonds is 7. The van der Waals surface area contributed by atoms with E-state index in [1.807, 2.05) is 0 Å². The first-order valence-electron chi connectivity index (χ1n) is 7.99. The van der Waals surface area contributed by atoms with Gasteiger partial charge in [0.05, 0.1) is 14.2 Å². The van der Waals surface area contributed by atoms with Gasteiger partial charge in [0.15, 0.2) is 0 Å². The van der Waals surface area contributed by atoms with Gasteiger partial charge in [-0.15, -0.1) is 0 Å². The molecule has 0 bridgehead atoms. The molecule has 0 spiro atoms. The molecule has 0 N–H and O–H groups in total. The average molecular weight is 288 g/mol. The maximum absolute atomic E-state index is 12.5. The quantitative estimate of drug-likeness (QED) is 0.759. The minimum atomic E-state index is -0.0199. The molecule has 0 aromatic heterocycles. The molecule has 1 aromatic carbocycles. The molecule has 114 valence electrons. The van der Waals surface area contributed by atoms with Gasteiger partial charge in [-0.2, -0.15) is 0 Å². The number of benzene rings is 1. The molecule has 0 radical (unpaired) electrons. The Morgan fingerprint density at radius 2 is 1.71 bits per heavy atom. The molecule has 3 rings (SSSR count). The summed E-state index contributed by atoms with van der Waals surface area (Å²) in [6, 6.07) is 4.12. The fraction of sp³-hybridized carbons (Fsp3) is 0.611. The van der Waals surface area contributed by atoms with E-state index in [9.17, 15) is 4.79 Å². The number of methoxy groups -OCH3 is 2. The van der Waals surface area contributed by atoms with Crippen molar-refractivity contribution in [3.8, 4) is 11.5 Å². The van der Waals surface area contributed by atoms with E-state index < -0.39 is 0 Å². The van der Waals surface area contributed by atoms with Gasteiger partial charge in [0.1, 0.15) is 17.3 Å². The summed E-state index contributed by atoms with van der Waals surface area (Å²) in [5.74, 6) is 2.98. The Labute approximate surface area is 126 Å². The zero-order valence-corrected chi connectivity index (χ0v) is 13.1. The summed E-state index contributed by atoms with van der Waals surface area (Å²) in [6.45, 7) is 2.08. The molecule has 2 fully saturated rings. The second-order valence-corrected chi connectivity index (χ2v) is 6.25. The van der Waals surface area contributed by atoms with Crippen molar-refractivity contribution in [2.75, 3.05) is 14.2 Å². The summed E-state index contributed by atoms with van der Waals surface area (Å²) in [6.07, 6.45) is 5.35. The molecule has 0 saturated heterocycles. The van der Waals surface area contributed by atoms with Crippen molar-refractivity contribution in [1.82, 2.24) is 0 Å². The standard InChI is InChI=1S/C18H24O3/c1-4-14(18(19)12-7-8-12)13-9-15(20-2)17(11-5-6-11)16(10-13)21-3/h9-12,14H,4-8H2,1-3H3/t14-/m0/s1. The summed E-state index contributed by atoms with van der Waals surface area (Å²) in [5, 5.41) is 0. The number of ether oxygens (including phenoxy) is 2. The second-order valence-electron chi connectivity index (χ2n) is 6.25. The second kappa shape index (κ2) is 5.70. The largest absolute Gasteiger partial charge is 0.496 e. The van der Waals surface area contributed by atoms with Crippen LogP contribution in [0.15, 0.2) is 12.1 Å². The van der Waals surface area contributed by atoms with Crippen molar-refractivity contribution >= 4 is 5.78 Å². The smallest absolute Gasteiger partial charge is 0.143 e. The summed E-state index contributed by atoms with van der Waals surface area (Å²) >= 11 is 0. The topological polar surface area (TPSA) is 35.5 Å². The molecule has 21 heavy (non-hydrogen) atoms. The third-order valence-electron chi connectivity index (χ3n) is 4.69. The van der Waals surface area contributed by atoms with Crippen LogP contribution in [0.5, 0.6) is 11.5 Å². The normalized spacial score (nSPS) is 19.2. The molecule has 1 aromatic rings. The van der Waals surface area contributed by atoms with Gasteiger partial charge in [-0.3, -0.25) is 4.79 Å². The van der Waals surface area contributed by atoms with Crippen molar-refractivity contribution in [3.05, 3.63) is 23.3 Å². The Balaban J connectivity index is 1.99. The van der Waals surface area contributed by atoms with E-state index in [4.69, 9.17) is 9.47 Å². The van der Waals surface area contributed by atoms with E-state index in [0.717, 1.165) is 36.3 Å². The van der Waals surface area contributed by atoms with Gasteiger partial charge in [0, 0.05) is 17.4 Å². The van der Waals surface area contributed by atoms with E-state index in [1.165, 1.54) is 18.4 Å². The SMILES string of the molecule is CC[C@H](C(=O)C1CC1)c1cc(OC)c(C2CC2)c(OC)c1. The van der Waals surface area contributed by atoms with Gasteiger partial charge in [0.2, 0.25) is 0 Å². The first kappa shape index (κ1) is 14.4. The van der Waals surface area contributed by atoms with Crippen molar-refractivity contribution < 1.29 is 14.3 Å². The molecule has 1 atom stereocenters. The van der Waals surface area contributed by atoms with Crippen LogP contribution in [0.25, 0.3) is 0 Å². The van der Waals surface area contributed by atoms with Gasteiger partial charge < -0.3 is 9.47 Å². The highest BCUT2D eigenvalue weighted by Gasteiger charge is 2.36. The summed E-state index contributed by atoms with van der Waals surface area (Å²) in [7, 11) is 3.40. The Morgan fingerprint density at radius 1 is 1.14 bits per heavy atom. The molecule has 2 saturated carbocycles. The lowest BCUT2D eigenvalue weighted by molar-refractivity contribution is -0.121. The van der Waals surface area contributed by atoms with Crippen molar-refractivity contribution in [2.24, 2.45) is 5.92 Å². The Hall–Kier alpha value is -1.51. The Morgan fingerprint density at radius 3 is 2.10 bits per heavy atom. The highest BCUT2D eigenvalue weighted by atomic mass is 16.5. The van der Waals surface area contributed by atoms with E-state index in [1.54, 1.807) is 14.2 Å². The van der Waals surface area contributed by atoms with Crippen LogP contribution in [-0.2, 0) is 4.79 Å². The Bertz CT molecular complexity index is 516. The van der Waals surface area contributed by atoms with E-state index in [2.05, 4.69) is 19.1 Å². The van der Waals surface area contributed by atoms with Crippen molar-refractivity contribution in [2.45, 2.75) is 50.9 Å². The van der Waals surface area contributed by atoms with Gasteiger partial charge in [-0.05, 0) is 55.7 Å². The molecular formula is C18H24O3. The van der Waals surface area contributed by atoms with Crippen LogP contribution >= 0.6 is 0 Å². The first-order chi connectivity index (χ1) is 10.2. The minimum Gasteiger partial charge on any atom is -0.496 e. The number of hydrogen-bond acceptors (Lipinski definition) is 3. The lowest BCUT2D eigenvalue weighted by Crippen LogP contribution is -2.14. The highest BCUT2D eigenvalue weighted by molar-refractivity contribution is 5.89. The highest BCUT2D eigenvalue weighted by Crippen LogP contribution is 2.50. The van der Waals surface area contributed by atoms with E-state index in [0.29, 0.717) is 11.7 Å². The van der Waals surface area contributed by atoms with Gasteiger partial charge in [-0.25, -0.2) is 0 Å². The summed E-state index contributed by atoms with van der Waals surface area (Å²) in [5.41, 5.74) is 2.23. The molecule has 0 heterocycles. The maximum atomic E-state index is 12.5. The molecule has 0 amide bonds. The van der Waals surface area contributed by atoms with Crippen LogP contribution in [0.2, 0.25) is 0 Å². The number of carbonyl (C=O) groups is 1. The number of carbonyl (C=O) groups excluding carboxylic acids is 1. The minimum absolute atomic E-state index is 0.0199. The summed E-state index contributed by atoms with van der Waals surface area (Å²) in [4.78, 5) is 12.5. The molecule has 3 heteroatoms. The predicted octanol–water partition coefficient (Wildman–Crippen LogP) is 4.05. The Kier molecular flexibility index (Phi) is 3.92. The third kappa shape index (κ3) is 2.78. The van der Waals surface area contributed by atoms with Crippen molar-refractivity contribution in [3.63, 3.8) is 0 Å². The van der Waals surface area contributed by atoms with Gasteiger partial charge in [-0.1, -0.05) is 6.92 Å². The third-order valence-corrected chi connectivity index (χ3v) is 4.69. The van der Waals surface area contributed by atoms with Crippen LogP contribution in [0.4, 0.5) is 0 Å². The maximum Gasteiger partial charge on any atom is 0.143 e. The van der Waals surface area contributed by atoms with Crippen molar-refractivity contribution in [1.29, 1.82) is 0 Å². The lowest BCUT2D eigenvalue weighted by Gasteiger charge is -2.19. The van der Waals surface area contributed by atoms with E-state index in [-0.39, 0.29) is 11.8 Å². The fourth-order valence-corrected chi connectivity index (χ4v) is 3.19. The molecule has 0 aliphatic heterocycles. The number of Topliss-reactive ketones (excluding diaryl/α,β-unsaturated/α-hetero) is 1. The van der Waals surface area contributed by atoms with E-state index >= 15 is 0 Å². The summed E-state index contributed by atoms with van der Waals surface area (Å²) < 4.78 is 11.2. The number of ketones is 1. The van der Waals surface area contributed by atoms with Crippen LogP contribution in [0.3, 0.4) is 0 Å². The van der Waals surface area contributed by atoms with Gasteiger partial charge >= 0.3 is 0 Å². The lowest BCUT2D eigenvalue weighted by atomic mass is 9.88. The van der Waals surface area contributed by atoms with Gasteiger partial charge in [0.25, 0.3) is 0 Å². The monoisotopic (exact) mass is 288 g/mol. The fourth-order valence-electron chi connectivity index (χ4n) is 3.19. The number of hydrogen-bond donors (Lipinski definition) is 0.